The first-order valence-corrected chi connectivity index (χ1v) is 3.87. The first-order valence-electron chi connectivity index (χ1n) is 3.87. The molecule has 15 heavy (non-hydrogen) atoms. The van der Waals surface area contributed by atoms with Gasteiger partial charge in [0.05, 0.1) is 0 Å². The van der Waals surface area contributed by atoms with Gasteiger partial charge in [-0.2, -0.15) is 0 Å². The zero-order valence-corrected chi connectivity index (χ0v) is 7.70. The van der Waals surface area contributed by atoms with Gasteiger partial charge in [0.15, 0.2) is 0 Å². The van der Waals surface area contributed by atoms with Crippen LogP contribution < -0.4 is 0 Å². The molecule has 0 aromatic rings. The minimum absolute atomic E-state index is 0.0601. The van der Waals surface area contributed by atoms with Gasteiger partial charge in [0.25, 0.3) is 0 Å². The van der Waals surface area contributed by atoms with Gasteiger partial charge in [0.2, 0.25) is 11.5 Å². The van der Waals surface area contributed by atoms with Gasteiger partial charge in [-0.1, -0.05) is 13.2 Å². The van der Waals surface area contributed by atoms with Crippen molar-refractivity contribution in [1.29, 1.82) is 0 Å². The van der Waals surface area contributed by atoms with Crippen LogP contribution in [0.2, 0.25) is 0 Å². The summed E-state index contributed by atoms with van der Waals surface area (Å²) < 4.78 is 9.39. The predicted molar refractivity (Wildman–Crippen MR) is 50.1 cm³/mol. The van der Waals surface area contributed by atoms with E-state index < -0.39 is 11.9 Å². The fraction of sp³-hybridized carbons (Fsp3) is 0. The molecule has 74 valence electrons. The molecule has 4 nitrogen and oxygen atoms in total. The van der Waals surface area contributed by atoms with E-state index in [1.165, 1.54) is 0 Å². The largest absolute Gasteiger partial charge is 0.409 e. The lowest BCUT2D eigenvalue weighted by atomic mass is 10.4. The number of carbonyl (C=O) groups is 2. The van der Waals surface area contributed by atoms with Crippen LogP contribution in [0.15, 0.2) is 54.0 Å². The van der Waals surface area contributed by atoms with E-state index in [0.717, 1.165) is 12.2 Å². The second kappa shape index (κ2) is 4.66. The van der Waals surface area contributed by atoms with Gasteiger partial charge in [-0.25, -0.2) is 9.59 Å². The number of esters is 2. The Labute approximate surface area is 85.8 Å². The quantitative estimate of drug-likeness (QED) is 0.389. The second-order valence-corrected chi connectivity index (χ2v) is 2.28. The van der Waals surface area contributed by atoms with Crippen molar-refractivity contribution in [3.63, 3.8) is 0 Å². The lowest BCUT2D eigenvalue weighted by Gasteiger charge is -2.04. The molecule has 0 amide bonds. The average Bonchev–Trinajstić information content (AvgIpc) is 2.65. The smallest absolute Gasteiger partial charge is 0.336 e. The molecule has 0 unspecified atom stereocenters. The van der Waals surface area contributed by atoms with E-state index in [9.17, 15) is 9.59 Å². The Hall–Kier alpha value is -2.50. The molecule has 0 bridgehead atoms. The van der Waals surface area contributed by atoms with E-state index in [-0.39, 0.29) is 11.5 Å². The van der Waals surface area contributed by atoms with Crippen molar-refractivity contribution in [2.45, 2.75) is 0 Å². The molecule has 0 aliphatic heterocycles. The highest BCUT2D eigenvalue weighted by Gasteiger charge is 2.15. The van der Waals surface area contributed by atoms with Crippen molar-refractivity contribution < 1.29 is 19.1 Å². The molecule has 0 atom stereocenters. The van der Waals surface area contributed by atoms with Gasteiger partial charge in [-0.15, -0.1) is 0 Å². The molecule has 0 aromatic carbocycles. The van der Waals surface area contributed by atoms with Gasteiger partial charge >= 0.3 is 11.9 Å². The van der Waals surface area contributed by atoms with E-state index in [2.05, 4.69) is 30.4 Å². The Morgan fingerprint density at radius 2 is 1.40 bits per heavy atom. The SMILES string of the molecule is C=CC(=O)OC1=C=C=C=C1OC(=O)C=C. The first kappa shape index (κ1) is 10.6. The van der Waals surface area contributed by atoms with Crippen molar-refractivity contribution in [3.8, 4) is 0 Å². The summed E-state index contributed by atoms with van der Waals surface area (Å²) in [6, 6.07) is 0. The lowest BCUT2D eigenvalue weighted by molar-refractivity contribution is -0.138. The molecular weight excluding hydrogens is 196 g/mol. The molecule has 1 aliphatic rings. The molecule has 0 aromatic heterocycles. The Morgan fingerprint density at radius 1 is 1.00 bits per heavy atom. The molecule has 0 spiro atoms. The van der Waals surface area contributed by atoms with E-state index in [1.807, 2.05) is 0 Å². The standard InChI is InChI=1S/C11H6O4/c1-3-10(12)14-8-6-5-7-9(8)15-11(13)4-2/h3-4H,1-2H2. The van der Waals surface area contributed by atoms with E-state index in [0.29, 0.717) is 0 Å². The fourth-order valence-electron chi connectivity index (χ4n) is 0.687. The van der Waals surface area contributed by atoms with E-state index in [1.54, 1.807) is 0 Å². The summed E-state index contributed by atoms with van der Waals surface area (Å²) in [4.78, 5) is 21.7. The second-order valence-electron chi connectivity index (χ2n) is 2.28. The summed E-state index contributed by atoms with van der Waals surface area (Å²) in [7, 11) is 0. The van der Waals surface area contributed by atoms with Crippen molar-refractivity contribution in [3.05, 3.63) is 54.0 Å². The Bertz CT molecular complexity index is 435. The van der Waals surface area contributed by atoms with Crippen LogP contribution in [0.3, 0.4) is 0 Å². The third-order valence-corrected chi connectivity index (χ3v) is 1.30. The lowest BCUT2D eigenvalue weighted by Crippen LogP contribution is -2.06. The maximum Gasteiger partial charge on any atom is 0.336 e. The molecule has 0 heterocycles. The van der Waals surface area contributed by atoms with Crippen LogP contribution in [0.25, 0.3) is 0 Å². The van der Waals surface area contributed by atoms with Crippen molar-refractivity contribution >= 4 is 11.9 Å². The van der Waals surface area contributed by atoms with Gasteiger partial charge in [0.1, 0.15) is 0 Å². The molecule has 0 saturated heterocycles. The Morgan fingerprint density at radius 3 is 1.73 bits per heavy atom. The first-order chi connectivity index (χ1) is 7.17. The van der Waals surface area contributed by atoms with Crippen LogP contribution in [-0.4, -0.2) is 11.9 Å². The van der Waals surface area contributed by atoms with Crippen LogP contribution in [0.5, 0.6) is 0 Å². The fourth-order valence-corrected chi connectivity index (χ4v) is 0.687. The summed E-state index contributed by atoms with van der Waals surface area (Å²) in [6.45, 7) is 6.43. The van der Waals surface area contributed by atoms with E-state index >= 15 is 0 Å². The van der Waals surface area contributed by atoms with Crippen LogP contribution in [0.4, 0.5) is 0 Å². The molecule has 0 fully saturated rings. The molecule has 4 heteroatoms. The highest BCUT2D eigenvalue weighted by molar-refractivity contribution is 5.84. The summed E-state index contributed by atoms with van der Waals surface area (Å²) in [5, 5.41) is 0. The summed E-state index contributed by atoms with van der Waals surface area (Å²) in [5.74, 6) is -1.49. The predicted octanol–water partition coefficient (Wildman–Crippen LogP) is 1.14. The highest BCUT2D eigenvalue weighted by Crippen LogP contribution is 2.14. The van der Waals surface area contributed by atoms with Crippen molar-refractivity contribution in [2.24, 2.45) is 0 Å². The Balaban J connectivity index is 2.71. The van der Waals surface area contributed by atoms with Gasteiger partial charge in [-0.05, 0) is 17.2 Å². The maximum absolute atomic E-state index is 10.8. The van der Waals surface area contributed by atoms with Crippen LogP contribution in [0, 0.1) is 0 Å². The number of rotatable bonds is 4. The molecule has 1 aliphatic carbocycles. The Kier molecular flexibility index (Phi) is 3.28. The van der Waals surface area contributed by atoms with Gasteiger partial charge in [-0.3, -0.25) is 0 Å². The third kappa shape index (κ3) is 2.73. The molecule has 0 N–H and O–H groups in total. The monoisotopic (exact) mass is 202 g/mol. The van der Waals surface area contributed by atoms with Gasteiger partial charge in [0, 0.05) is 12.2 Å². The molecular formula is C11H6O4. The molecule has 0 radical (unpaired) electrons. The highest BCUT2D eigenvalue weighted by atomic mass is 16.6. The van der Waals surface area contributed by atoms with Crippen LogP contribution >= 0.6 is 0 Å². The molecule has 0 saturated carbocycles. The van der Waals surface area contributed by atoms with Gasteiger partial charge < -0.3 is 9.47 Å². The minimum Gasteiger partial charge on any atom is -0.409 e. The third-order valence-electron chi connectivity index (χ3n) is 1.30. The molecule has 1 rings (SSSR count). The van der Waals surface area contributed by atoms with Crippen molar-refractivity contribution in [1.82, 2.24) is 0 Å². The van der Waals surface area contributed by atoms with E-state index in [4.69, 9.17) is 9.47 Å². The summed E-state index contributed by atoms with van der Waals surface area (Å²) >= 11 is 0. The zero-order valence-electron chi connectivity index (χ0n) is 7.70. The number of carbonyl (C=O) groups excluding carboxylic acids is 2. The average molecular weight is 202 g/mol. The maximum atomic E-state index is 10.8. The summed E-state index contributed by atoms with van der Waals surface area (Å²) in [5.41, 5.74) is 7.22. The normalized spacial score (nSPS) is 11.5. The van der Waals surface area contributed by atoms with Crippen LogP contribution in [-0.2, 0) is 19.1 Å². The van der Waals surface area contributed by atoms with Crippen molar-refractivity contribution in [2.75, 3.05) is 0 Å². The summed E-state index contributed by atoms with van der Waals surface area (Å²) in [6.07, 6.45) is 1.94. The number of hydrogen-bond donors (Lipinski definition) is 0. The minimum atomic E-state index is -0.685. The number of ether oxygens (including phenoxy) is 2. The topological polar surface area (TPSA) is 52.6 Å². The zero-order chi connectivity index (χ0) is 11.3. The van der Waals surface area contributed by atoms with Crippen LogP contribution in [0.1, 0.15) is 0 Å². The number of hydrogen-bond acceptors (Lipinski definition) is 4.